The van der Waals surface area contributed by atoms with Crippen LogP contribution < -0.4 is 10.2 Å². The highest BCUT2D eigenvalue weighted by Gasteiger charge is 2.24. The maximum Gasteiger partial charge on any atom is 0.337 e. The average molecular weight is 448 g/mol. The monoisotopic (exact) mass is 448 g/mol. The highest BCUT2D eigenvalue weighted by Crippen LogP contribution is 2.25. The lowest BCUT2D eigenvalue weighted by Crippen LogP contribution is -2.33. The molecule has 1 aromatic heterocycles. The summed E-state index contributed by atoms with van der Waals surface area (Å²) in [7, 11) is 2.47. The average Bonchev–Trinajstić information content (AvgIpc) is 2.87. The number of esters is 2. The van der Waals surface area contributed by atoms with E-state index in [0.29, 0.717) is 16.9 Å². The van der Waals surface area contributed by atoms with Crippen LogP contribution in [-0.2, 0) is 9.47 Å². The molecule has 0 saturated carbocycles. The molecule has 4 rings (SSSR count). The molecule has 0 unspecified atom stereocenters. The number of ether oxygens (including phenoxy) is 2. The van der Waals surface area contributed by atoms with E-state index in [4.69, 9.17) is 14.5 Å². The molecule has 1 amide bonds. The zero-order valence-corrected chi connectivity index (χ0v) is 18.5. The van der Waals surface area contributed by atoms with Crippen molar-refractivity contribution < 1.29 is 23.9 Å². The number of amides is 1. The summed E-state index contributed by atoms with van der Waals surface area (Å²) in [6.07, 6.45) is 3.16. The fraction of sp³-hybridized carbons (Fsp3) is 0.292. The fourth-order valence-electron chi connectivity index (χ4n) is 3.83. The predicted molar refractivity (Wildman–Crippen MR) is 123 cm³/mol. The third-order valence-corrected chi connectivity index (χ3v) is 5.46. The van der Waals surface area contributed by atoms with Gasteiger partial charge in [0.1, 0.15) is 0 Å². The van der Waals surface area contributed by atoms with E-state index in [1.54, 1.807) is 6.07 Å². The smallest absolute Gasteiger partial charge is 0.337 e. The van der Waals surface area contributed by atoms with E-state index in [1.807, 2.05) is 18.2 Å². The molecule has 9 heteroatoms. The minimum Gasteiger partial charge on any atom is -0.465 e. The second-order valence-corrected chi connectivity index (χ2v) is 7.67. The number of piperidine rings is 1. The lowest BCUT2D eigenvalue weighted by atomic mass is 10.1. The Labute approximate surface area is 190 Å². The van der Waals surface area contributed by atoms with Crippen molar-refractivity contribution >= 4 is 40.4 Å². The van der Waals surface area contributed by atoms with Gasteiger partial charge in [-0.2, -0.15) is 0 Å². The van der Waals surface area contributed by atoms with Crippen molar-refractivity contribution in [2.45, 2.75) is 19.3 Å². The van der Waals surface area contributed by atoms with Crippen LogP contribution in [0.1, 0.15) is 50.5 Å². The van der Waals surface area contributed by atoms with E-state index in [0.717, 1.165) is 32.4 Å². The molecule has 0 spiro atoms. The van der Waals surface area contributed by atoms with Gasteiger partial charge in [0.15, 0.2) is 11.5 Å². The van der Waals surface area contributed by atoms with Gasteiger partial charge < -0.3 is 19.7 Å². The molecule has 0 aliphatic carbocycles. The molecule has 1 N–H and O–H groups in total. The first-order chi connectivity index (χ1) is 16.0. The van der Waals surface area contributed by atoms with Crippen LogP contribution in [0.15, 0.2) is 42.5 Å². The third-order valence-electron chi connectivity index (χ3n) is 5.46. The molecule has 2 heterocycles. The van der Waals surface area contributed by atoms with Crippen LogP contribution in [0.25, 0.3) is 11.0 Å². The van der Waals surface area contributed by atoms with Crippen molar-refractivity contribution in [3.05, 3.63) is 59.3 Å². The summed E-state index contributed by atoms with van der Waals surface area (Å²) in [5.41, 5.74) is 1.94. The largest absolute Gasteiger partial charge is 0.465 e. The molecular weight excluding hydrogens is 424 g/mol. The van der Waals surface area contributed by atoms with Gasteiger partial charge in [0, 0.05) is 18.8 Å². The molecule has 1 saturated heterocycles. The summed E-state index contributed by atoms with van der Waals surface area (Å²) in [4.78, 5) is 48.9. The number of carbonyl (C=O) groups excluding carboxylic acids is 3. The topological polar surface area (TPSA) is 111 Å². The molecular formula is C24H24N4O5. The van der Waals surface area contributed by atoms with Crippen molar-refractivity contribution in [1.29, 1.82) is 0 Å². The molecule has 9 nitrogen and oxygen atoms in total. The summed E-state index contributed by atoms with van der Waals surface area (Å²) in [5, 5.41) is 2.76. The normalized spacial score (nSPS) is 13.5. The first kappa shape index (κ1) is 22.2. The molecule has 3 aromatic rings. The molecule has 170 valence electrons. The zero-order chi connectivity index (χ0) is 23.4. The summed E-state index contributed by atoms with van der Waals surface area (Å²) in [5.74, 6) is -1.26. The van der Waals surface area contributed by atoms with Gasteiger partial charge in [-0.15, -0.1) is 0 Å². The number of aromatic nitrogens is 2. The van der Waals surface area contributed by atoms with Crippen molar-refractivity contribution in [1.82, 2.24) is 9.97 Å². The van der Waals surface area contributed by atoms with Crippen LogP contribution in [0, 0.1) is 0 Å². The van der Waals surface area contributed by atoms with Crippen LogP contribution in [-0.4, -0.2) is 55.1 Å². The molecule has 1 fully saturated rings. The molecule has 0 radical (unpaired) electrons. The lowest BCUT2D eigenvalue weighted by molar-refractivity contribution is 0.0599. The Hall–Kier alpha value is -4.01. The van der Waals surface area contributed by atoms with Crippen LogP contribution in [0.4, 0.5) is 11.5 Å². The number of benzene rings is 2. The summed E-state index contributed by atoms with van der Waals surface area (Å²) >= 11 is 0. The number of carbonyl (C=O) groups is 3. The van der Waals surface area contributed by atoms with Crippen molar-refractivity contribution in [2.75, 3.05) is 37.5 Å². The SMILES string of the molecule is COC(=O)c1cc(NC(=O)c2nc3ccccc3nc2N2CCCCC2)cc(C(=O)OC)c1. The van der Waals surface area contributed by atoms with Crippen molar-refractivity contribution in [2.24, 2.45) is 0 Å². The van der Waals surface area contributed by atoms with Gasteiger partial charge in [-0.1, -0.05) is 12.1 Å². The quantitative estimate of drug-likeness (QED) is 0.591. The zero-order valence-electron chi connectivity index (χ0n) is 18.5. The first-order valence-electron chi connectivity index (χ1n) is 10.6. The number of fused-ring (bicyclic) bond motifs is 1. The highest BCUT2D eigenvalue weighted by atomic mass is 16.5. The minimum atomic E-state index is -0.643. The third kappa shape index (κ3) is 4.77. The Morgan fingerprint density at radius 2 is 1.42 bits per heavy atom. The second-order valence-electron chi connectivity index (χ2n) is 7.67. The van der Waals surface area contributed by atoms with Crippen molar-refractivity contribution in [3.63, 3.8) is 0 Å². The maximum absolute atomic E-state index is 13.4. The minimum absolute atomic E-state index is 0.108. The van der Waals surface area contributed by atoms with Crippen LogP contribution in [0.3, 0.4) is 0 Å². The van der Waals surface area contributed by atoms with Crippen LogP contribution in [0.5, 0.6) is 0 Å². The molecule has 1 aliphatic heterocycles. The maximum atomic E-state index is 13.4. The van der Waals surface area contributed by atoms with E-state index < -0.39 is 17.8 Å². The van der Waals surface area contributed by atoms with Gasteiger partial charge >= 0.3 is 11.9 Å². The first-order valence-corrected chi connectivity index (χ1v) is 10.6. The Balaban J connectivity index is 1.74. The summed E-state index contributed by atoms with van der Waals surface area (Å²) in [6, 6.07) is 11.6. The number of nitrogens with zero attached hydrogens (tertiary/aromatic N) is 3. The Morgan fingerprint density at radius 3 is 2.00 bits per heavy atom. The number of methoxy groups -OCH3 is 2. The molecule has 33 heavy (non-hydrogen) atoms. The standard InChI is InChI=1S/C24H24N4O5/c1-32-23(30)15-12-16(24(31)33-2)14-17(13-15)25-22(29)20-21(28-10-6-3-7-11-28)27-19-9-5-4-8-18(19)26-20/h4-5,8-9,12-14H,3,6-7,10-11H2,1-2H3,(H,25,29). The highest BCUT2D eigenvalue weighted by molar-refractivity contribution is 6.08. The molecule has 0 bridgehead atoms. The second kappa shape index (κ2) is 9.64. The van der Waals surface area contributed by atoms with Gasteiger partial charge in [-0.25, -0.2) is 19.6 Å². The van der Waals surface area contributed by atoms with Crippen LogP contribution >= 0.6 is 0 Å². The summed E-state index contributed by atoms with van der Waals surface area (Å²) < 4.78 is 9.53. The van der Waals surface area contributed by atoms with E-state index in [1.165, 1.54) is 32.4 Å². The van der Waals surface area contributed by atoms with Gasteiger partial charge in [0.2, 0.25) is 0 Å². The number of para-hydroxylation sites is 2. The Morgan fingerprint density at radius 1 is 0.848 bits per heavy atom. The summed E-state index contributed by atoms with van der Waals surface area (Å²) in [6.45, 7) is 1.58. The molecule has 2 aromatic carbocycles. The fourth-order valence-corrected chi connectivity index (χ4v) is 3.83. The number of anilines is 2. The van der Waals surface area contributed by atoms with E-state index in [-0.39, 0.29) is 22.5 Å². The van der Waals surface area contributed by atoms with E-state index >= 15 is 0 Å². The van der Waals surface area contributed by atoms with Gasteiger partial charge in [-0.3, -0.25) is 4.79 Å². The van der Waals surface area contributed by atoms with Crippen molar-refractivity contribution in [3.8, 4) is 0 Å². The van der Waals surface area contributed by atoms with Gasteiger partial charge in [-0.05, 0) is 49.6 Å². The number of rotatable bonds is 5. The molecule has 1 aliphatic rings. The van der Waals surface area contributed by atoms with E-state index in [2.05, 4.69) is 15.2 Å². The van der Waals surface area contributed by atoms with Gasteiger partial charge in [0.25, 0.3) is 5.91 Å². The number of nitrogens with one attached hydrogen (secondary N) is 1. The Bertz CT molecular complexity index is 1190. The van der Waals surface area contributed by atoms with E-state index in [9.17, 15) is 14.4 Å². The number of hydrogen-bond acceptors (Lipinski definition) is 8. The Kier molecular flexibility index (Phi) is 6.48. The van der Waals surface area contributed by atoms with Crippen LogP contribution in [0.2, 0.25) is 0 Å². The lowest BCUT2D eigenvalue weighted by Gasteiger charge is -2.29. The number of hydrogen-bond donors (Lipinski definition) is 1. The predicted octanol–water partition coefficient (Wildman–Crippen LogP) is 3.45. The van der Waals surface area contributed by atoms with Gasteiger partial charge in [0.05, 0.1) is 36.4 Å². The molecule has 0 atom stereocenters.